The molecule has 0 heterocycles. The van der Waals surface area contributed by atoms with Crippen LogP contribution in [0.15, 0.2) is 47.4 Å². The van der Waals surface area contributed by atoms with Crippen molar-refractivity contribution in [2.24, 2.45) is 0 Å². The normalized spacial score (nSPS) is 11.2. The predicted molar refractivity (Wildman–Crippen MR) is 98.4 cm³/mol. The van der Waals surface area contributed by atoms with Crippen LogP contribution >= 0.6 is 0 Å². The van der Waals surface area contributed by atoms with E-state index in [1.165, 1.54) is 0 Å². The zero-order valence-corrected chi connectivity index (χ0v) is 15.5. The molecule has 0 radical (unpaired) electrons. The molecule has 2 aromatic rings. The lowest BCUT2D eigenvalue weighted by atomic mass is 10.2. The van der Waals surface area contributed by atoms with Gasteiger partial charge in [0.25, 0.3) is 10.0 Å². The number of benzene rings is 2. The summed E-state index contributed by atoms with van der Waals surface area (Å²) in [5.41, 5.74) is 2.34. The number of sulfonamides is 1. The molecular formula is C19H23NO4S. The highest BCUT2D eigenvalue weighted by Gasteiger charge is 2.17. The summed E-state index contributed by atoms with van der Waals surface area (Å²) in [7, 11) is -3.68. The summed E-state index contributed by atoms with van der Waals surface area (Å²) in [5, 5.41) is 0. The van der Waals surface area contributed by atoms with E-state index in [1.807, 2.05) is 19.9 Å². The van der Waals surface area contributed by atoms with Crippen LogP contribution in [0.25, 0.3) is 0 Å². The smallest absolute Gasteiger partial charge is 0.338 e. The average Bonchev–Trinajstić information content (AvgIpc) is 2.57. The second kappa shape index (κ2) is 8.16. The lowest BCUT2D eigenvalue weighted by Crippen LogP contribution is -2.14. The molecule has 2 aromatic carbocycles. The van der Waals surface area contributed by atoms with Crippen LogP contribution in [0, 0.1) is 13.8 Å². The second-order valence-corrected chi connectivity index (χ2v) is 7.59. The third-order valence-electron chi connectivity index (χ3n) is 3.74. The summed E-state index contributed by atoms with van der Waals surface area (Å²) in [6.45, 7) is 6.00. The molecule has 1 N–H and O–H groups in total. The van der Waals surface area contributed by atoms with Gasteiger partial charge in [0.2, 0.25) is 0 Å². The summed E-state index contributed by atoms with van der Waals surface area (Å²) >= 11 is 0. The summed E-state index contributed by atoms with van der Waals surface area (Å²) in [4.78, 5) is 12.1. The number of carbonyl (C=O) groups excluding carboxylic acids is 1. The molecule has 25 heavy (non-hydrogen) atoms. The Morgan fingerprint density at radius 2 is 1.76 bits per heavy atom. The van der Waals surface area contributed by atoms with Crippen molar-refractivity contribution in [3.05, 3.63) is 59.2 Å². The first-order chi connectivity index (χ1) is 11.8. The Labute approximate surface area is 149 Å². The van der Waals surface area contributed by atoms with Crippen LogP contribution in [0.4, 0.5) is 5.69 Å². The lowest BCUT2D eigenvalue weighted by Gasteiger charge is -2.11. The van der Waals surface area contributed by atoms with E-state index in [9.17, 15) is 13.2 Å². The van der Waals surface area contributed by atoms with E-state index < -0.39 is 16.0 Å². The molecule has 0 aromatic heterocycles. The zero-order valence-electron chi connectivity index (χ0n) is 14.7. The van der Waals surface area contributed by atoms with Gasteiger partial charge in [0.05, 0.1) is 17.1 Å². The highest BCUT2D eigenvalue weighted by molar-refractivity contribution is 7.92. The van der Waals surface area contributed by atoms with E-state index in [1.54, 1.807) is 43.3 Å². The molecule has 5 nitrogen and oxygen atoms in total. The standard InChI is InChI=1S/C19H23NO4S/c1-4-5-12-24-19(21)16-8-10-17(11-9-16)20-25(22,23)18-13-14(2)6-7-15(18)3/h6-11,13,20H,4-5,12H2,1-3H3. The van der Waals surface area contributed by atoms with Crippen molar-refractivity contribution in [2.45, 2.75) is 38.5 Å². The van der Waals surface area contributed by atoms with E-state index in [2.05, 4.69) is 4.72 Å². The third-order valence-corrected chi connectivity index (χ3v) is 5.26. The van der Waals surface area contributed by atoms with Gasteiger partial charge in [-0.05, 0) is 61.7 Å². The summed E-state index contributed by atoms with van der Waals surface area (Å²) in [5.74, 6) is -0.405. The Morgan fingerprint density at radius 3 is 2.40 bits per heavy atom. The number of hydrogen-bond donors (Lipinski definition) is 1. The predicted octanol–water partition coefficient (Wildman–Crippen LogP) is 4.06. The van der Waals surface area contributed by atoms with Crippen molar-refractivity contribution in [1.29, 1.82) is 0 Å². The molecule has 2 rings (SSSR count). The SMILES string of the molecule is CCCCOC(=O)c1ccc(NS(=O)(=O)c2cc(C)ccc2C)cc1. The summed E-state index contributed by atoms with van der Waals surface area (Å²) < 4.78 is 32.8. The maximum Gasteiger partial charge on any atom is 0.338 e. The molecule has 0 aliphatic carbocycles. The van der Waals surface area contributed by atoms with Gasteiger partial charge in [0.15, 0.2) is 0 Å². The Hall–Kier alpha value is -2.34. The van der Waals surface area contributed by atoms with Crippen LogP contribution in [0.3, 0.4) is 0 Å². The molecule has 0 aliphatic rings. The summed E-state index contributed by atoms with van der Waals surface area (Å²) in [6.07, 6.45) is 1.77. The third kappa shape index (κ3) is 5.06. The van der Waals surface area contributed by atoms with Gasteiger partial charge in [-0.25, -0.2) is 13.2 Å². The quantitative estimate of drug-likeness (QED) is 0.596. The van der Waals surface area contributed by atoms with Gasteiger partial charge in [0.1, 0.15) is 0 Å². The number of ether oxygens (including phenoxy) is 1. The van der Waals surface area contributed by atoms with Gasteiger partial charge in [-0.15, -0.1) is 0 Å². The molecule has 0 unspecified atom stereocenters. The Kier molecular flexibility index (Phi) is 6.20. The van der Waals surface area contributed by atoms with Gasteiger partial charge in [-0.1, -0.05) is 25.5 Å². The highest BCUT2D eigenvalue weighted by atomic mass is 32.2. The Balaban J connectivity index is 2.12. The fraction of sp³-hybridized carbons (Fsp3) is 0.316. The molecule has 0 saturated carbocycles. The monoisotopic (exact) mass is 361 g/mol. The van der Waals surface area contributed by atoms with Crippen LogP contribution in [0.5, 0.6) is 0 Å². The van der Waals surface area contributed by atoms with Gasteiger partial charge in [0, 0.05) is 5.69 Å². The molecule has 0 amide bonds. The molecule has 6 heteroatoms. The number of rotatable bonds is 7. The van der Waals surface area contributed by atoms with Crippen molar-refractivity contribution in [2.75, 3.05) is 11.3 Å². The molecule has 134 valence electrons. The lowest BCUT2D eigenvalue weighted by molar-refractivity contribution is 0.0500. The number of unbranched alkanes of at least 4 members (excludes halogenated alkanes) is 1. The largest absolute Gasteiger partial charge is 0.462 e. The number of aryl methyl sites for hydroxylation is 2. The van der Waals surface area contributed by atoms with Gasteiger partial charge >= 0.3 is 5.97 Å². The molecule has 0 bridgehead atoms. The maximum absolute atomic E-state index is 12.6. The van der Waals surface area contributed by atoms with E-state index in [0.717, 1.165) is 18.4 Å². The molecule has 0 atom stereocenters. The molecular weight excluding hydrogens is 338 g/mol. The number of esters is 1. The zero-order chi connectivity index (χ0) is 18.4. The van der Waals surface area contributed by atoms with Gasteiger partial charge < -0.3 is 4.74 Å². The Morgan fingerprint density at radius 1 is 1.08 bits per heavy atom. The van der Waals surface area contributed by atoms with E-state index in [4.69, 9.17) is 4.74 Å². The number of hydrogen-bond acceptors (Lipinski definition) is 4. The van der Waals surface area contributed by atoms with Crippen molar-refractivity contribution in [3.63, 3.8) is 0 Å². The van der Waals surface area contributed by atoms with E-state index in [0.29, 0.717) is 23.4 Å². The van der Waals surface area contributed by atoms with Crippen molar-refractivity contribution in [3.8, 4) is 0 Å². The minimum Gasteiger partial charge on any atom is -0.462 e. The van der Waals surface area contributed by atoms with Crippen molar-refractivity contribution >= 4 is 21.7 Å². The minimum absolute atomic E-state index is 0.246. The first-order valence-electron chi connectivity index (χ1n) is 8.21. The van der Waals surface area contributed by atoms with Crippen LogP contribution in [0.1, 0.15) is 41.3 Å². The van der Waals surface area contributed by atoms with Gasteiger partial charge in [-0.3, -0.25) is 4.72 Å². The van der Waals surface area contributed by atoms with E-state index in [-0.39, 0.29) is 4.90 Å². The number of nitrogens with one attached hydrogen (secondary N) is 1. The fourth-order valence-corrected chi connectivity index (χ4v) is 3.66. The van der Waals surface area contributed by atoms with Crippen LogP contribution in [-0.4, -0.2) is 21.0 Å². The van der Waals surface area contributed by atoms with Crippen LogP contribution in [-0.2, 0) is 14.8 Å². The number of carbonyl (C=O) groups is 1. The van der Waals surface area contributed by atoms with Crippen LogP contribution < -0.4 is 4.72 Å². The summed E-state index contributed by atoms with van der Waals surface area (Å²) in [6, 6.07) is 11.5. The highest BCUT2D eigenvalue weighted by Crippen LogP contribution is 2.21. The second-order valence-electron chi connectivity index (χ2n) is 5.94. The Bertz CT molecular complexity index is 842. The van der Waals surface area contributed by atoms with E-state index >= 15 is 0 Å². The van der Waals surface area contributed by atoms with Crippen LogP contribution in [0.2, 0.25) is 0 Å². The average molecular weight is 361 g/mol. The first kappa shape index (κ1) is 19.0. The molecule has 0 spiro atoms. The first-order valence-corrected chi connectivity index (χ1v) is 9.69. The maximum atomic E-state index is 12.6. The fourth-order valence-electron chi connectivity index (χ4n) is 2.27. The minimum atomic E-state index is -3.68. The van der Waals surface area contributed by atoms with Crippen molar-refractivity contribution in [1.82, 2.24) is 0 Å². The van der Waals surface area contributed by atoms with Gasteiger partial charge in [-0.2, -0.15) is 0 Å². The topological polar surface area (TPSA) is 72.5 Å². The molecule has 0 saturated heterocycles. The number of anilines is 1. The molecule has 0 aliphatic heterocycles. The molecule has 0 fully saturated rings. The van der Waals surface area contributed by atoms with Crippen molar-refractivity contribution < 1.29 is 17.9 Å².